The van der Waals surface area contributed by atoms with Crippen molar-refractivity contribution in [3.8, 4) is 22.5 Å². The van der Waals surface area contributed by atoms with Crippen molar-refractivity contribution in [1.29, 1.82) is 0 Å². The molecule has 0 spiro atoms. The number of rotatable bonds is 11. The highest BCUT2D eigenvalue weighted by molar-refractivity contribution is 7.99. The number of benzene rings is 3. The van der Waals surface area contributed by atoms with Gasteiger partial charge in [0, 0.05) is 35.5 Å². The Morgan fingerprint density at radius 2 is 1.50 bits per heavy atom. The lowest BCUT2D eigenvalue weighted by molar-refractivity contribution is 0.0953. The number of nitrogens with one attached hydrogen (secondary N) is 1. The van der Waals surface area contributed by atoms with E-state index in [0.717, 1.165) is 53.5 Å². The van der Waals surface area contributed by atoms with Crippen molar-refractivity contribution >= 4 is 17.7 Å². The summed E-state index contributed by atoms with van der Waals surface area (Å²) >= 11 is 1.81. The maximum absolute atomic E-state index is 12.6. The number of carbonyl (C=O) groups is 1. The fraction of sp³-hybridized carbons (Fsp3) is 0.333. The van der Waals surface area contributed by atoms with Crippen LogP contribution in [0.3, 0.4) is 0 Å². The van der Waals surface area contributed by atoms with Gasteiger partial charge in [-0.25, -0.2) is 4.98 Å². The first-order valence-electron chi connectivity index (χ1n) is 13.6. The Bertz CT molecular complexity index is 1310. The molecular weight excluding hydrogens is 486 g/mol. The van der Waals surface area contributed by atoms with Gasteiger partial charge in [0.15, 0.2) is 5.16 Å². The molecule has 0 radical (unpaired) electrons. The summed E-state index contributed by atoms with van der Waals surface area (Å²) in [5.74, 6) is 0.955. The molecular formula is C33H39N3OS. The molecule has 0 atom stereocenters. The molecule has 198 valence electrons. The summed E-state index contributed by atoms with van der Waals surface area (Å²) in [4.78, 5) is 17.7. The van der Waals surface area contributed by atoms with Crippen LogP contribution in [0.25, 0.3) is 22.5 Å². The van der Waals surface area contributed by atoms with Gasteiger partial charge in [-0.15, -0.1) is 0 Å². The second-order valence-electron chi connectivity index (χ2n) is 10.6. The Balaban J connectivity index is 1.38. The molecule has 1 N–H and O–H groups in total. The van der Waals surface area contributed by atoms with Crippen LogP contribution in [0.5, 0.6) is 0 Å². The maximum atomic E-state index is 12.6. The van der Waals surface area contributed by atoms with Crippen LogP contribution in [0.15, 0.2) is 90.1 Å². The monoisotopic (exact) mass is 525 g/mol. The zero-order valence-corrected chi connectivity index (χ0v) is 23.9. The van der Waals surface area contributed by atoms with E-state index < -0.39 is 0 Å². The molecule has 1 amide bonds. The van der Waals surface area contributed by atoms with Crippen molar-refractivity contribution in [2.45, 2.75) is 64.1 Å². The van der Waals surface area contributed by atoms with Crippen molar-refractivity contribution in [3.05, 3.63) is 96.1 Å². The predicted octanol–water partition coefficient (Wildman–Crippen LogP) is 8.23. The molecule has 0 unspecified atom stereocenters. The van der Waals surface area contributed by atoms with E-state index in [1.165, 1.54) is 16.8 Å². The van der Waals surface area contributed by atoms with Gasteiger partial charge in [-0.2, -0.15) is 0 Å². The van der Waals surface area contributed by atoms with E-state index >= 15 is 0 Å². The van der Waals surface area contributed by atoms with Gasteiger partial charge in [0.05, 0.1) is 11.4 Å². The van der Waals surface area contributed by atoms with Gasteiger partial charge in [-0.1, -0.05) is 112 Å². The van der Waals surface area contributed by atoms with E-state index in [4.69, 9.17) is 4.98 Å². The number of nitrogens with zero attached hydrogens (tertiary/aromatic N) is 2. The molecule has 4 rings (SSSR count). The second-order valence-corrected chi connectivity index (χ2v) is 11.7. The summed E-state index contributed by atoms with van der Waals surface area (Å²) in [5, 5.41) is 4.14. The van der Waals surface area contributed by atoms with Gasteiger partial charge >= 0.3 is 0 Å². The van der Waals surface area contributed by atoms with Crippen LogP contribution >= 0.6 is 11.8 Å². The lowest BCUT2D eigenvalue weighted by atomic mass is 9.87. The first-order chi connectivity index (χ1) is 18.4. The van der Waals surface area contributed by atoms with Gasteiger partial charge in [0.25, 0.3) is 5.91 Å². The van der Waals surface area contributed by atoms with Crippen molar-refractivity contribution in [3.63, 3.8) is 0 Å². The zero-order chi connectivity index (χ0) is 27.0. The van der Waals surface area contributed by atoms with Crippen molar-refractivity contribution in [1.82, 2.24) is 14.9 Å². The standard InChI is InChI=1S/C33H39N3OS/c1-5-23-36-30(26-16-10-7-11-17-26)29(25-14-8-6-9-15-25)35-32(36)38-24-13-12-22-34-31(37)27-18-20-28(21-19-27)33(2,3)4/h6-11,14-21H,5,12-13,22-24H2,1-4H3,(H,34,37). The number of amides is 1. The quantitative estimate of drug-likeness (QED) is 0.158. The zero-order valence-electron chi connectivity index (χ0n) is 23.0. The Morgan fingerprint density at radius 3 is 2.11 bits per heavy atom. The van der Waals surface area contributed by atoms with Crippen LogP contribution < -0.4 is 5.32 Å². The molecule has 0 saturated heterocycles. The maximum Gasteiger partial charge on any atom is 0.251 e. The number of unbranched alkanes of at least 4 members (excludes halogenated alkanes) is 1. The van der Waals surface area contributed by atoms with Crippen LogP contribution in [0.1, 0.15) is 62.9 Å². The fourth-order valence-corrected chi connectivity index (χ4v) is 5.50. The van der Waals surface area contributed by atoms with Crippen molar-refractivity contribution in [2.24, 2.45) is 0 Å². The van der Waals surface area contributed by atoms with Gasteiger partial charge in [-0.05, 0) is 42.4 Å². The summed E-state index contributed by atoms with van der Waals surface area (Å²) in [6, 6.07) is 29.0. The Morgan fingerprint density at radius 1 is 0.868 bits per heavy atom. The minimum Gasteiger partial charge on any atom is -0.352 e. The van der Waals surface area contributed by atoms with E-state index in [2.05, 4.69) is 104 Å². The van der Waals surface area contributed by atoms with Crippen LogP contribution in [0.4, 0.5) is 0 Å². The summed E-state index contributed by atoms with van der Waals surface area (Å²) in [6.07, 6.45) is 2.99. The Kier molecular flexibility index (Phi) is 9.46. The lowest BCUT2D eigenvalue weighted by Crippen LogP contribution is -2.24. The van der Waals surface area contributed by atoms with E-state index in [1.54, 1.807) is 0 Å². The number of aromatic nitrogens is 2. The molecule has 0 aliphatic carbocycles. The predicted molar refractivity (Wildman–Crippen MR) is 161 cm³/mol. The average Bonchev–Trinajstić information content (AvgIpc) is 3.29. The largest absolute Gasteiger partial charge is 0.352 e. The lowest BCUT2D eigenvalue weighted by Gasteiger charge is -2.19. The van der Waals surface area contributed by atoms with Crippen LogP contribution in [-0.2, 0) is 12.0 Å². The van der Waals surface area contributed by atoms with Crippen LogP contribution in [0, 0.1) is 0 Å². The van der Waals surface area contributed by atoms with Gasteiger partial charge in [0.1, 0.15) is 0 Å². The molecule has 0 saturated carbocycles. The number of thioether (sulfide) groups is 1. The first kappa shape index (κ1) is 27.7. The van der Waals surface area contributed by atoms with Crippen molar-refractivity contribution in [2.75, 3.05) is 12.3 Å². The van der Waals surface area contributed by atoms with Gasteiger partial charge < -0.3 is 9.88 Å². The first-order valence-corrected chi connectivity index (χ1v) is 14.6. The topological polar surface area (TPSA) is 46.9 Å². The number of hydrogen-bond acceptors (Lipinski definition) is 3. The summed E-state index contributed by atoms with van der Waals surface area (Å²) in [6.45, 7) is 10.4. The van der Waals surface area contributed by atoms with E-state index in [9.17, 15) is 4.79 Å². The highest BCUT2D eigenvalue weighted by atomic mass is 32.2. The van der Waals surface area contributed by atoms with E-state index in [-0.39, 0.29) is 11.3 Å². The summed E-state index contributed by atoms with van der Waals surface area (Å²) in [7, 11) is 0. The number of carbonyl (C=O) groups excluding carboxylic acids is 1. The molecule has 4 nitrogen and oxygen atoms in total. The normalized spacial score (nSPS) is 11.5. The minimum atomic E-state index is -0.00314. The highest BCUT2D eigenvalue weighted by Crippen LogP contribution is 2.36. The molecule has 0 fully saturated rings. The fourth-order valence-electron chi connectivity index (χ4n) is 4.48. The molecule has 1 heterocycles. The highest BCUT2D eigenvalue weighted by Gasteiger charge is 2.20. The average molecular weight is 526 g/mol. The molecule has 3 aromatic carbocycles. The number of imidazole rings is 1. The summed E-state index contributed by atoms with van der Waals surface area (Å²) < 4.78 is 2.38. The van der Waals surface area contributed by atoms with E-state index in [1.807, 2.05) is 30.0 Å². The Hall–Kier alpha value is -3.31. The Labute approximate surface area is 231 Å². The number of hydrogen-bond donors (Lipinski definition) is 1. The molecule has 4 aromatic rings. The molecule has 0 bridgehead atoms. The van der Waals surface area contributed by atoms with Gasteiger partial charge in [0.2, 0.25) is 0 Å². The van der Waals surface area contributed by atoms with Crippen LogP contribution in [0.2, 0.25) is 0 Å². The third-order valence-corrected chi connectivity index (χ3v) is 7.64. The molecule has 1 aromatic heterocycles. The molecule has 5 heteroatoms. The minimum absolute atomic E-state index is 0.00314. The second kappa shape index (κ2) is 13.0. The smallest absolute Gasteiger partial charge is 0.251 e. The van der Waals surface area contributed by atoms with Gasteiger partial charge in [-0.3, -0.25) is 4.79 Å². The molecule has 0 aliphatic rings. The van der Waals surface area contributed by atoms with Crippen LogP contribution in [-0.4, -0.2) is 27.8 Å². The van der Waals surface area contributed by atoms with Crippen molar-refractivity contribution < 1.29 is 4.79 Å². The third kappa shape index (κ3) is 6.96. The third-order valence-electron chi connectivity index (χ3n) is 6.58. The molecule has 0 aliphatic heterocycles. The summed E-state index contributed by atoms with van der Waals surface area (Å²) in [5.41, 5.74) is 6.60. The molecule has 38 heavy (non-hydrogen) atoms. The van der Waals surface area contributed by atoms with E-state index in [0.29, 0.717) is 6.54 Å². The SMILES string of the molecule is CCCn1c(SCCCCNC(=O)c2ccc(C(C)(C)C)cc2)nc(-c2ccccc2)c1-c1ccccc1.